The Bertz CT molecular complexity index is 461. The van der Waals surface area contributed by atoms with Gasteiger partial charge < -0.3 is 10.5 Å². The van der Waals surface area contributed by atoms with E-state index in [1.165, 1.54) is 5.56 Å². The minimum Gasteiger partial charge on any atom is -0.393 e. The second-order valence-corrected chi connectivity index (χ2v) is 6.72. The largest absolute Gasteiger partial charge is 0.393 e. The average molecular weight is 292 g/mol. The molecule has 0 amide bonds. The SMILES string of the molecule is CC1CN(CC(C(N)=S)c2ccccc2)CC(C)(C)O1. The van der Waals surface area contributed by atoms with Gasteiger partial charge in [0.1, 0.15) is 0 Å². The third-order valence-electron chi connectivity index (χ3n) is 3.63. The van der Waals surface area contributed by atoms with Gasteiger partial charge in [-0.3, -0.25) is 4.90 Å². The monoisotopic (exact) mass is 292 g/mol. The van der Waals surface area contributed by atoms with Crippen LogP contribution in [0.5, 0.6) is 0 Å². The van der Waals surface area contributed by atoms with E-state index in [1.807, 2.05) is 18.2 Å². The van der Waals surface area contributed by atoms with Crippen molar-refractivity contribution in [3.05, 3.63) is 35.9 Å². The predicted molar refractivity (Wildman–Crippen MR) is 87.0 cm³/mol. The van der Waals surface area contributed by atoms with Gasteiger partial charge in [-0.1, -0.05) is 42.5 Å². The molecule has 4 heteroatoms. The Morgan fingerprint density at radius 3 is 2.65 bits per heavy atom. The number of nitrogens with zero attached hydrogens (tertiary/aromatic N) is 1. The third-order valence-corrected chi connectivity index (χ3v) is 3.91. The van der Waals surface area contributed by atoms with Crippen molar-refractivity contribution in [1.82, 2.24) is 4.90 Å². The molecule has 0 saturated carbocycles. The first kappa shape index (κ1) is 15.4. The summed E-state index contributed by atoms with van der Waals surface area (Å²) in [4.78, 5) is 2.97. The molecule has 2 unspecified atom stereocenters. The zero-order chi connectivity index (χ0) is 14.8. The first-order valence-corrected chi connectivity index (χ1v) is 7.52. The van der Waals surface area contributed by atoms with E-state index in [1.54, 1.807) is 0 Å². The highest BCUT2D eigenvalue weighted by atomic mass is 32.1. The van der Waals surface area contributed by atoms with Crippen LogP contribution in [0.3, 0.4) is 0 Å². The Balaban J connectivity index is 2.11. The second kappa shape index (κ2) is 6.20. The molecule has 1 aliphatic heterocycles. The molecule has 1 aromatic rings. The number of rotatable bonds is 4. The van der Waals surface area contributed by atoms with Crippen LogP contribution in [0, 0.1) is 0 Å². The molecular formula is C16H24N2OS. The number of hydrogen-bond donors (Lipinski definition) is 1. The van der Waals surface area contributed by atoms with E-state index in [0.717, 1.165) is 19.6 Å². The summed E-state index contributed by atoms with van der Waals surface area (Å²) in [7, 11) is 0. The van der Waals surface area contributed by atoms with Crippen molar-refractivity contribution in [3.8, 4) is 0 Å². The lowest BCUT2D eigenvalue weighted by Crippen LogP contribution is -2.53. The molecular weight excluding hydrogens is 268 g/mol. The summed E-state index contributed by atoms with van der Waals surface area (Å²) < 4.78 is 5.95. The topological polar surface area (TPSA) is 38.5 Å². The summed E-state index contributed by atoms with van der Waals surface area (Å²) >= 11 is 5.27. The fraction of sp³-hybridized carbons (Fsp3) is 0.562. The predicted octanol–water partition coefficient (Wildman–Crippen LogP) is 2.56. The fourth-order valence-electron chi connectivity index (χ4n) is 3.03. The average Bonchev–Trinajstić information content (AvgIpc) is 2.34. The van der Waals surface area contributed by atoms with Gasteiger partial charge in [-0.2, -0.15) is 0 Å². The minimum atomic E-state index is -0.116. The smallest absolute Gasteiger partial charge is 0.0816 e. The maximum atomic E-state index is 5.96. The number of morpholine rings is 1. The highest BCUT2D eigenvalue weighted by Crippen LogP contribution is 2.24. The molecule has 1 aromatic carbocycles. The molecule has 1 aliphatic rings. The quantitative estimate of drug-likeness (QED) is 0.866. The minimum absolute atomic E-state index is 0.104. The van der Waals surface area contributed by atoms with Gasteiger partial charge in [0.25, 0.3) is 0 Å². The van der Waals surface area contributed by atoms with Gasteiger partial charge in [-0.25, -0.2) is 0 Å². The van der Waals surface area contributed by atoms with Crippen LogP contribution in [0.4, 0.5) is 0 Å². The molecule has 1 heterocycles. The zero-order valence-corrected chi connectivity index (χ0v) is 13.3. The lowest BCUT2D eigenvalue weighted by atomic mass is 9.96. The van der Waals surface area contributed by atoms with E-state index in [9.17, 15) is 0 Å². The molecule has 20 heavy (non-hydrogen) atoms. The number of thiocarbonyl (C=S) groups is 1. The molecule has 2 atom stereocenters. The fourth-order valence-corrected chi connectivity index (χ4v) is 3.24. The van der Waals surface area contributed by atoms with Crippen molar-refractivity contribution in [2.45, 2.75) is 38.4 Å². The van der Waals surface area contributed by atoms with E-state index in [0.29, 0.717) is 4.99 Å². The molecule has 2 N–H and O–H groups in total. The number of nitrogens with two attached hydrogens (primary N) is 1. The summed E-state index contributed by atoms with van der Waals surface area (Å²) in [5.41, 5.74) is 7.04. The lowest BCUT2D eigenvalue weighted by molar-refractivity contribution is -0.128. The molecule has 1 fully saturated rings. The Labute approximate surface area is 127 Å². The highest BCUT2D eigenvalue weighted by molar-refractivity contribution is 7.80. The maximum absolute atomic E-state index is 5.96. The van der Waals surface area contributed by atoms with E-state index in [4.69, 9.17) is 22.7 Å². The van der Waals surface area contributed by atoms with Gasteiger partial charge in [0.2, 0.25) is 0 Å². The molecule has 0 bridgehead atoms. The van der Waals surface area contributed by atoms with Gasteiger partial charge in [-0.05, 0) is 26.3 Å². The van der Waals surface area contributed by atoms with Crippen molar-refractivity contribution >= 4 is 17.2 Å². The van der Waals surface area contributed by atoms with Crippen molar-refractivity contribution in [2.75, 3.05) is 19.6 Å². The van der Waals surface area contributed by atoms with Crippen LogP contribution in [0.1, 0.15) is 32.3 Å². The Morgan fingerprint density at radius 1 is 1.45 bits per heavy atom. The molecule has 3 nitrogen and oxygen atoms in total. The molecule has 0 aliphatic carbocycles. The van der Waals surface area contributed by atoms with Crippen LogP contribution >= 0.6 is 12.2 Å². The van der Waals surface area contributed by atoms with Crippen molar-refractivity contribution in [1.29, 1.82) is 0 Å². The standard InChI is InChI=1S/C16H24N2OS/c1-12-9-18(11-16(2,3)19-12)10-14(15(17)20)13-7-5-4-6-8-13/h4-8,12,14H,9-11H2,1-3H3,(H2,17,20). The second-order valence-electron chi connectivity index (χ2n) is 6.25. The number of benzene rings is 1. The van der Waals surface area contributed by atoms with Crippen LogP contribution in [0.2, 0.25) is 0 Å². The van der Waals surface area contributed by atoms with Crippen LogP contribution in [-0.2, 0) is 4.74 Å². The zero-order valence-electron chi connectivity index (χ0n) is 12.5. The Morgan fingerprint density at radius 2 is 2.10 bits per heavy atom. The molecule has 110 valence electrons. The third kappa shape index (κ3) is 4.01. The Hall–Kier alpha value is -0.970. The number of ether oxygens (including phenoxy) is 1. The van der Waals surface area contributed by atoms with Crippen LogP contribution in [-0.4, -0.2) is 41.2 Å². The van der Waals surface area contributed by atoms with E-state index in [2.05, 4.69) is 37.8 Å². The van der Waals surface area contributed by atoms with Crippen LogP contribution in [0.15, 0.2) is 30.3 Å². The molecule has 0 aromatic heterocycles. The summed E-state index contributed by atoms with van der Waals surface area (Å²) in [5.74, 6) is 0.104. The normalized spacial score (nSPS) is 24.2. The highest BCUT2D eigenvalue weighted by Gasteiger charge is 2.32. The molecule has 0 radical (unpaired) electrons. The van der Waals surface area contributed by atoms with Gasteiger partial charge in [0.15, 0.2) is 0 Å². The van der Waals surface area contributed by atoms with E-state index >= 15 is 0 Å². The van der Waals surface area contributed by atoms with Gasteiger partial charge in [-0.15, -0.1) is 0 Å². The van der Waals surface area contributed by atoms with Crippen molar-refractivity contribution in [2.24, 2.45) is 5.73 Å². The molecule has 2 rings (SSSR count). The van der Waals surface area contributed by atoms with Gasteiger partial charge in [0.05, 0.1) is 16.7 Å². The summed E-state index contributed by atoms with van der Waals surface area (Å²) in [6.07, 6.45) is 0.238. The van der Waals surface area contributed by atoms with E-state index in [-0.39, 0.29) is 17.6 Å². The summed E-state index contributed by atoms with van der Waals surface area (Å²) in [5, 5.41) is 0. The van der Waals surface area contributed by atoms with E-state index < -0.39 is 0 Å². The van der Waals surface area contributed by atoms with Gasteiger partial charge in [0, 0.05) is 25.6 Å². The van der Waals surface area contributed by atoms with Crippen molar-refractivity contribution < 1.29 is 4.74 Å². The maximum Gasteiger partial charge on any atom is 0.0816 e. The lowest BCUT2D eigenvalue weighted by Gasteiger charge is -2.42. The molecule has 1 saturated heterocycles. The first-order chi connectivity index (χ1) is 9.37. The first-order valence-electron chi connectivity index (χ1n) is 7.12. The summed E-state index contributed by atoms with van der Waals surface area (Å²) in [6, 6.07) is 10.3. The van der Waals surface area contributed by atoms with Crippen molar-refractivity contribution in [3.63, 3.8) is 0 Å². The molecule has 0 spiro atoms. The number of hydrogen-bond acceptors (Lipinski definition) is 3. The van der Waals surface area contributed by atoms with Crippen LogP contribution in [0.25, 0.3) is 0 Å². The summed E-state index contributed by atoms with van der Waals surface area (Å²) in [6.45, 7) is 9.07. The van der Waals surface area contributed by atoms with Crippen LogP contribution < -0.4 is 5.73 Å². The van der Waals surface area contributed by atoms with Gasteiger partial charge >= 0.3 is 0 Å². The Kier molecular flexibility index (Phi) is 4.78.